The fraction of sp³-hybridized carbons (Fsp3) is 0.0667. The van der Waals surface area contributed by atoms with E-state index in [1.807, 2.05) is 60.7 Å². The Hall–Kier alpha value is -1.73. The van der Waals surface area contributed by atoms with Crippen molar-refractivity contribution in [2.75, 3.05) is 7.11 Å². The summed E-state index contributed by atoms with van der Waals surface area (Å²) in [6, 6.07) is 15.7. The minimum Gasteiger partial charge on any atom is -0.496 e. The molecule has 0 radical (unpaired) electrons. The molecule has 17 heavy (non-hydrogen) atoms. The second kappa shape index (κ2) is 5.55. The molecule has 0 amide bonds. The van der Waals surface area contributed by atoms with Crippen molar-refractivity contribution in [1.82, 2.24) is 0 Å². The predicted molar refractivity (Wildman–Crippen MR) is 73.4 cm³/mol. The summed E-state index contributed by atoms with van der Waals surface area (Å²) in [7, 11) is 1.66. The van der Waals surface area contributed by atoms with E-state index in [9.17, 15) is 0 Å². The van der Waals surface area contributed by atoms with Crippen molar-refractivity contribution in [1.29, 1.82) is 0 Å². The van der Waals surface area contributed by atoms with Crippen LogP contribution in [0.2, 0.25) is 5.02 Å². The zero-order chi connectivity index (χ0) is 12.1. The lowest BCUT2D eigenvalue weighted by Gasteiger charge is -2.04. The van der Waals surface area contributed by atoms with E-state index in [0.29, 0.717) is 5.02 Å². The van der Waals surface area contributed by atoms with Gasteiger partial charge >= 0.3 is 0 Å². The molecule has 0 N–H and O–H groups in total. The highest BCUT2D eigenvalue weighted by molar-refractivity contribution is 6.30. The monoisotopic (exact) mass is 244 g/mol. The average molecular weight is 245 g/mol. The van der Waals surface area contributed by atoms with Crippen LogP contribution in [-0.2, 0) is 0 Å². The topological polar surface area (TPSA) is 9.23 Å². The molecule has 2 aromatic carbocycles. The molecule has 0 aliphatic rings. The van der Waals surface area contributed by atoms with E-state index in [4.69, 9.17) is 16.3 Å². The molecule has 0 saturated heterocycles. The highest BCUT2D eigenvalue weighted by Gasteiger charge is 1.99. The van der Waals surface area contributed by atoms with Gasteiger partial charge in [0.25, 0.3) is 0 Å². The quantitative estimate of drug-likeness (QED) is 0.722. The summed E-state index contributed by atoms with van der Waals surface area (Å²) in [5.41, 5.74) is 2.12. The molecule has 0 heterocycles. The predicted octanol–water partition coefficient (Wildman–Crippen LogP) is 4.52. The summed E-state index contributed by atoms with van der Waals surface area (Å²) in [6.45, 7) is 0. The summed E-state index contributed by atoms with van der Waals surface area (Å²) in [6.07, 6.45) is 4.04. The number of hydrogen-bond donors (Lipinski definition) is 0. The van der Waals surface area contributed by atoms with Crippen molar-refractivity contribution >= 4 is 23.8 Å². The Morgan fingerprint density at radius 3 is 2.47 bits per heavy atom. The Morgan fingerprint density at radius 2 is 1.76 bits per heavy atom. The summed E-state index contributed by atoms with van der Waals surface area (Å²) >= 11 is 5.97. The molecule has 0 aliphatic heterocycles. The number of benzene rings is 2. The van der Waals surface area contributed by atoms with Crippen LogP contribution in [0.3, 0.4) is 0 Å². The standard InChI is InChI=1S/C15H13ClO/c1-17-15-10-9-14(16)11-13(15)8-7-12-5-3-2-4-6-12/h2-11H,1H3/b8-7+. The van der Waals surface area contributed by atoms with E-state index in [-0.39, 0.29) is 0 Å². The van der Waals surface area contributed by atoms with Crippen LogP contribution in [0.25, 0.3) is 12.2 Å². The summed E-state index contributed by atoms with van der Waals surface area (Å²) < 4.78 is 5.28. The van der Waals surface area contributed by atoms with Crippen LogP contribution in [-0.4, -0.2) is 7.11 Å². The Labute approximate surface area is 106 Å². The lowest BCUT2D eigenvalue weighted by Crippen LogP contribution is -1.86. The van der Waals surface area contributed by atoms with Gasteiger partial charge in [0.15, 0.2) is 0 Å². The maximum atomic E-state index is 5.97. The highest BCUT2D eigenvalue weighted by atomic mass is 35.5. The Balaban J connectivity index is 2.29. The van der Waals surface area contributed by atoms with Crippen LogP contribution in [0.5, 0.6) is 5.75 Å². The van der Waals surface area contributed by atoms with Crippen LogP contribution in [0.4, 0.5) is 0 Å². The molecule has 0 unspecified atom stereocenters. The zero-order valence-corrected chi connectivity index (χ0v) is 10.3. The third-order valence-corrected chi connectivity index (χ3v) is 2.68. The zero-order valence-electron chi connectivity index (χ0n) is 9.56. The van der Waals surface area contributed by atoms with Crippen LogP contribution in [0, 0.1) is 0 Å². The molecular weight excluding hydrogens is 232 g/mol. The van der Waals surface area contributed by atoms with Crippen LogP contribution in [0.15, 0.2) is 48.5 Å². The molecule has 1 nitrogen and oxygen atoms in total. The van der Waals surface area contributed by atoms with Crippen molar-refractivity contribution in [3.63, 3.8) is 0 Å². The van der Waals surface area contributed by atoms with E-state index in [1.165, 1.54) is 0 Å². The van der Waals surface area contributed by atoms with Crippen molar-refractivity contribution in [3.05, 3.63) is 64.7 Å². The summed E-state index contributed by atoms with van der Waals surface area (Å²) in [4.78, 5) is 0. The minimum absolute atomic E-state index is 0.707. The lowest BCUT2D eigenvalue weighted by atomic mass is 10.1. The van der Waals surface area contributed by atoms with E-state index in [2.05, 4.69) is 0 Å². The molecular formula is C15H13ClO. The SMILES string of the molecule is COc1ccc(Cl)cc1/C=C/c1ccccc1. The van der Waals surface area contributed by atoms with Crippen molar-refractivity contribution < 1.29 is 4.74 Å². The Morgan fingerprint density at radius 1 is 1.00 bits per heavy atom. The number of hydrogen-bond acceptors (Lipinski definition) is 1. The first-order chi connectivity index (χ1) is 8.29. The molecule has 0 aliphatic carbocycles. The van der Waals surface area contributed by atoms with E-state index in [0.717, 1.165) is 16.9 Å². The second-order valence-electron chi connectivity index (χ2n) is 3.63. The first kappa shape index (κ1) is 11.7. The molecule has 0 spiro atoms. The molecule has 2 heteroatoms. The normalized spacial score (nSPS) is 10.7. The van der Waals surface area contributed by atoms with Gasteiger partial charge in [-0.3, -0.25) is 0 Å². The molecule has 0 bridgehead atoms. The van der Waals surface area contributed by atoms with Gasteiger partial charge in [0.05, 0.1) is 7.11 Å². The van der Waals surface area contributed by atoms with Gasteiger partial charge in [-0.15, -0.1) is 0 Å². The van der Waals surface area contributed by atoms with E-state index in [1.54, 1.807) is 7.11 Å². The van der Waals surface area contributed by atoms with Gasteiger partial charge in [0.1, 0.15) is 5.75 Å². The van der Waals surface area contributed by atoms with Crippen LogP contribution >= 0.6 is 11.6 Å². The first-order valence-corrected chi connectivity index (χ1v) is 5.74. The van der Waals surface area contributed by atoms with Gasteiger partial charge < -0.3 is 4.74 Å². The third kappa shape index (κ3) is 3.11. The van der Waals surface area contributed by atoms with Gasteiger partial charge in [0.2, 0.25) is 0 Å². The molecule has 0 aromatic heterocycles. The largest absolute Gasteiger partial charge is 0.496 e. The summed E-state index contributed by atoms with van der Waals surface area (Å²) in [5.74, 6) is 0.821. The molecule has 0 fully saturated rings. The molecule has 86 valence electrons. The smallest absolute Gasteiger partial charge is 0.126 e. The molecule has 2 aromatic rings. The van der Waals surface area contributed by atoms with Crippen molar-refractivity contribution in [2.45, 2.75) is 0 Å². The summed E-state index contributed by atoms with van der Waals surface area (Å²) in [5, 5.41) is 0.707. The molecule has 0 saturated carbocycles. The average Bonchev–Trinajstić information content (AvgIpc) is 2.38. The van der Waals surface area contributed by atoms with Crippen LogP contribution in [0.1, 0.15) is 11.1 Å². The lowest BCUT2D eigenvalue weighted by molar-refractivity contribution is 0.414. The number of halogens is 1. The minimum atomic E-state index is 0.707. The number of ether oxygens (including phenoxy) is 1. The molecule has 0 atom stereocenters. The second-order valence-corrected chi connectivity index (χ2v) is 4.07. The van der Waals surface area contributed by atoms with E-state index >= 15 is 0 Å². The van der Waals surface area contributed by atoms with Gasteiger partial charge in [-0.05, 0) is 23.8 Å². The van der Waals surface area contributed by atoms with Crippen molar-refractivity contribution in [3.8, 4) is 5.75 Å². The van der Waals surface area contributed by atoms with Crippen LogP contribution < -0.4 is 4.74 Å². The maximum absolute atomic E-state index is 5.97. The fourth-order valence-electron chi connectivity index (χ4n) is 1.59. The number of rotatable bonds is 3. The number of methoxy groups -OCH3 is 1. The highest BCUT2D eigenvalue weighted by Crippen LogP contribution is 2.24. The van der Waals surface area contributed by atoms with Crippen molar-refractivity contribution in [2.24, 2.45) is 0 Å². The fourth-order valence-corrected chi connectivity index (χ4v) is 1.77. The van der Waals surface area contributed by atoms with E-state index < -0.39 is 0 Å². The third-order valence-electron chi connectivity index (χ3n) is 2.45. The Bertz CT molecular complexity index is 518. The first-order valence-electron chi connectivity index (χ1n) is 5.36. The van der Waals surface area contributed by atoms with Gasteiger partial charge in [-0.25, -0.2) is 0 Å². The van der Waals surface area contributed by atoms with Gasteiger partial charge in [0, 0.05) is 10.6 Å². The maximum Gasteiger partial charge on any atom is 0.126 e. The molecule has 2 rings (SSSR count). The van der Waals surface area contributed by atoms with Gasteiger partial charge in [-0.1, -0.05) is 54.1 Å². The Kier molecular flexibility index (Phi) is 3.84. The van der Waals surface area contributed by atoms with Gasteiger partial charge in [-0.2, -0.15) is 0 Å².